The van der Waals surface area contributed by atoms with E-state index in [-0.39, 0.29) is 11.7 Å². The Morgan fingerprint density at radius 1 is 1.50 bits per heavy atom. The second kappa shape index (κ2) is 6.96. The standard InChI is InChI=1S/C13H19FN2O2/c1-4-18-12-6-5-10(9-11(12)14)16(3)13(17)7-8-15-2/h5-6,9,15H,4,7-8H2,1-3H3. The van der Waals surface area contributed by atoms with E-state index in [1.165, 1.54) is 17.0 Å². The van der Waals surface area contributed by atoms with E-state index in [0.717, 1.165) is 0 Å². The van der Waals surface area contributed by atoms with E-state index < -0.39 is 5.82 Å². The van der Waals surface area contributed by atoms with Crippen molar-refractivity contribution in [1.82, 2.24) is 5.32 Å². The van der Waals surface area contributed by atoms with Crippen LogP contribution in [0.5, 0.6) is 5.75 Å². The van der Waals surface area contributed by atoms with Crippen molar-refractivity contribution in [3.63, 3.8) is 0 Å². The Labute approximate surface area is 107 Å². The highest BCUT2D eigenvalue weighted by Gasteiger charge is 2.12. The van der Waals surface area contributed by atoms with Crippen LogP contribution in [0, 0.1) is 5.82 Å². The quantitative estimate of drug-likeness (QED) is 0.841. The van der Waals surface area contributed by atoms with Gasteiger partial charge in [0, 0.05) is 31.8 Å². The van der Waals surface area contributed by atoms with Gasteiger partial charge in [-0.25, -0.2) is 4.39 Å². The third-order valence-electron chi connectivity index (χ3n) is 2.57. The Morgan fingerprint density at radius 2 is 2.22 bits per heavy atom. The molecule has 1 aromatic carbocycles. The van der Waals surface area contributed by atoms with E-state index in [9.17, 15) is 9.18 Å². The lowest BCUT2D eigenvalue weighted by Gasteiger charge is -2.18. The van der Waals surface area contributed by atoms with E-state index in [4.69, 9.17) is 4.74 Å². The Morgan fingerprint density at radius 3 is 2.78 bits per heavy atom. The number of rotatable bonds is 6. The molecule has 0 aliphatic rings. The minimum atomic E-state index is -0.456. The normalized spacial score (nSPS) is 10.2. The highest BCUT2D eigenvalue weighted by atomic mass is 19.1. The average molecular weight is 254 g/mol. The van der Waals surface area contributed by atoms with Crippen LogP contribution in [0.3, 0.4) is 0 Å². The van der Waals surface area contributed by atoms with Crippen molar-refractivity contribution < 1.29 is 13.9 Å². The van der Waals surface area contributed by atoms with Gasteiger partial charge in [-0.3, -0.25) is 4.79 Å². The summed E-state index contributed by atoms with van der Waals surface area (Å²) >= 11 is 0. The molecule has 0 heterocycles. The van der Waals surface area contributed by atoms with Gasteiger partial charge in [0.1, 0.15) is 0 Å². The lowest BCUT2D eigenvalue weighted by atomic mass is 10.2. The molecule has 0 unspecified atom stereocenters. The average Bonchev–Trinajstić information content (AvgIpc) is 2.37. The summed E-state index contributed by atoms with van der Waals surface area (Å²) in [6, 6.07) is 4.52. The number of anilines is 1. The first-order valence-electron chi connectivity index (χ1n) is 5.93. The number of amides is 1. The Kier molecular flexibility index (Phi) is 5.58. The number of nitrogens with one attached hydrogen (secondary N) is 1. The van der Waals surface area contributed by atoms with Gasteiger partial charge in [-0.05, 0) is 26.1 Å². The molecule has 1 aromatic rings. The van der Waals surface area contributed by atoms with Crippen LogP contribution in [-0.4, -0.2) is 33.2 Å². The first-order chi connectivity index (χ1) is 8.60. The lowest BCUT2D eigenvalue weighted by Crippen LogP contribution is -2.28. The zero-order valence-corrected chi connectivity index (χ0v) is 11.0. The molecule has 18 heavy (non-hydrogen) atoms. The van der Waals surface area contributed by atoms with E-state index in [1.807, 2.05) is 0 Å². The first-order valence-corrected chi connectivity index (χ1v) is 5.93. The molecule has 5 heteroatoms. The van der Waals surface area contributed by atoms with Crippen LogP contribution in [0.2, 0.25) is 0 Å². The maximum Gasteiger partial charge on any atom is 0.227 e. The van der Waals surface area contributed by atoms with Crippen molar-refractivity contribution in [3.8, 4) is 5.75 Å². The summed E-state index contributed by atoms with van der Waals surface area (Å²) < 4.78 is 18.7. The SMILES string of the molecule is CCOc1ccc(N(C)C(=O)CCNC)cc1F. The zero-order valence-electron chi connectivity index (χ0n) is 11.0. The summed E-state index contributed by atoms with van der Waals surface area (Å²) in [4.78, 5) is 13.2. The van der Waals surface area contributed by atoms with E-state index in [1.54, 1.807) is 27.1 Å². The third kappa shape index (κ3) is 3.70. The molecule has 1 N–H and O–H groups in total. The van der Waals surface area contributed by atoms with Crippen molar-refractivity contribution in [2.45, 2.75) is 13.3 Å². The van der Waals surface area contributed by atoms with Gasteiger partial charge in [0.15, 0.2) is 11.6 Å². The molecule has 0 radical (unpaired) electrons. The van der Waals surface area contributed by atoms with Gasteiger partial charge >= 0.3 is 0 Å². The number of hydrogen-bond acceptors (Lipinski definition) is 3. The van der Waals surface area contributed by atoms with Gasteiger partial charge in [0.2, 0.25) is 5.91 Å². The van der Waals surface area contributed by atoms with Crippen LogP contribution in [0.15, 0.2) is 18.2 Å². The molecular formula is C13H19FN2O2. The van der Waals surface area contributed by atoms with Crippen molar-refractivity contribution in [1.29, 1.82) is 0 Å². The van der Waals surface area contributed by atoms with Gasteiger partial charge in [0.05, 0.1) is 6.61 Å². The molecule has 0 saturated heterocycles. The summed E-state index contributed by atoms with van der Waals surface area (Å²) in [5.74, 6) is -0.312. The van der Waals surface area contributed by atoms with Crippen molar-refractivity contribution in [3.05, 3.63) is 24.0 Å². The fraction of sp³-hybridized carbons (Fsp3) is 0.462. The molecule has 0 aliphatic heterocycles. The Hall–Kier alpha value is -1.62. The molecule has 0 spiro atoms. The van der Waals surface area contributed by atoms with E-state index >= 15 is 0 Å². The summed E-state index contributed by atoms with van der Waals surface area (Å²) in [6.07, 6.45) is 0.377. The van der Waals surface area contributed by atoms with Gasteiger partial charge < -0.3 is 15.0 Å². The second-order valence-electron chi connectivity index (χ2n) is 3.85. The molecule has 0 aromatic heterocycles. The maximum atomic E-state index is 13.6. The number of carbonyl (C=O) groups excluding carboxylic acids is 1. The first kappa shape index (κ1) is 14.4. The van der Waals surface area contributed by atoms with Crippen LogP contribution < -0.4 is 15.0 Å². The lowest BCUT2D eigenvalue weighted by molar-refractivity contribution is -0.118. The summed E-state index contributed by atoms with van der Waals surface area (Å²) in [5.41, 5.74) is 0.525. The monoisotopic (exact) mass is 254 g/mol. The molecule has 4 nitrogen and oxygen atoms in total. The van der Waals surface area contributed by atoms with Crippen molar-refractivity contribution in [2.24, 2.45) is 0 Å². The van der Waals surface area contributed by atoms with Crippen LogP contribution in [0.1, 0.15) is 13.3 Å². The second-order valence-corrected chi connectivity index (χ2v) is 3.85. The largest absolute Gasteiger partial charge is 0.491 e. The minimum absolute atomic E-state index is 0.0621. The third-order valence-corrected chi connectivity index (χ3v) is 2.57. The van der Waals surface area contributed by atoms with Crippen molar-refractivity contribution >= 4 is 11.6 Å². The van der Waals surface area contributed by atoms with Crippen LogP contribution in [0.25, 0.3) is 0 Å². The molecule has 0 fully saturated rings. The summed E-state index contributed by atoms with van der Waals surface area (Å²) in [5, 5.41) is 2.90. The zero-order chi connectivity index (χ0) is 13.5. The van der Waals surface area contributed by atoms with Crippen LogP contribution in [-0.2, 0) is 4.79 Å². The number of nitrogens with zero attached hydrogens (tertiary/aromatic N) is 1. The molecular weight excluding hydrogens is 235 g/mol. The van der Waals surface area contributed by atoms with Gasteiger partial charge in [-0.1, -0.05) is 0 Å². The van der Waals surface area contributed by atoms with Gasteiger partial charge in [-0.15, -0.1) is 0 Å². The summed E-state index contributed by atoms with van der Waals surface area (Å²) in [6.45, 7) is 2.80. The molecule has 0 bridgehead atoms. The Balaban J connectivity index is 2.77. The molecule has 100 valence electrons. The van der Waals surface area contributed by atoms with Gasteiger partial charge in [0.25, 0.3) is 0 Å². The van der Waals surface area contributed by atoms with Crippen molar-refractivity contribution in [2.75, 3.05) is 32.1 Å². The number of benzene rings is 1. The van der Waals surface area contributed by atoms with Crippen LogP contribution in [0.4, 0.5) is 10.1 Å². The number of halogens is 1. The number of ether oxygens (including phenoxy) is 1. The smallest absolute Gasteiger partial charge is 0.227 e. The van der Waals surface area contributed by atoms with E-state index in [2.05, 4.69) is 5.32 Å². The van der Waals surface area contributed by atoms with Crippen LogP contribution >= 0.6 is 0 Å². The minimum Gasteiger partial charge on any atom is -0.491 e. The molecule has 0 saturated carbocycles. The molecule has 0 aliphatic carbocycles. The fourth-order valence-electron chi connectivity index (χ4n) is 1.51. The Bertz CT molecular complexity index is 410. The number of carbonyl (C=O) groups is 1. The highest BCUT2D eigenvalue weighted by Crippen LogP contribution is 2.23. The number of hydrogen-bond donors (Lipinski definition) is 1. The van der Waals surface area contributed by atoms with Gasteiger partial charge in [-0.2, -0.15) is 0 Å². The molecule has 1 amide bonds. The molecule has 0 atom stereocenters. The van der Waals surface area contributed by atoms with E-state index in [0.29, 0.717) is 25.3 Å². The maximum absolute atomic E-state index is 13.6. The predicted molar refractivity (Wildman–Crippen MR) is 69.5 cm³/mol. The highest BCUT2D eigenvalue weighted by molar-refractivity contribution is 5.92. The predicted octanol–water partition coefficient (Wildman–Crippen LogP) is 1.80. The fourth-order valence-corrected chi connectivity index (χ4v) is 1.51. The summed E-state index contributed by atoms with van der Waals surface area (Å²) in [7, 11) is 3.41. The topological polar surface area (TPSA) is 41.6 Å². The molecule has 1 rings (SSSR count).